The normalized spacial score (nSPS) is 13.0. The van der Waals surface area contributed by atoms with Gasteiger partial charge in [-0.25, -0.2) is 0 Å². The zero-order chi connectivity index (χ0) is 13.6. The predicted octanol–water partition coefficient (Wildman–Crippen LogP) is 4.17. The van der Waals surface area contributed by atoms with Crippen LogP contribution in [0.25, 0.3) is 0 Å². The van der Waals surface area contributed by atoms with Crippen LogP contribution in [0.4, 0.5) is 0 Å². The summed E-state index contributed by atoms with van der Waals surface area (Å²) < 4.78 is 12.0. The highest BCUT2D eigenvalue weighted by Gasteiger charge is 2.16. The van der Waals surface area contributed by atoms with E-state index in [9.17, 15) is 4.21 Å². The molecule has 0 radical (unpaired) electrons. The summed E-state index contributed by atoms with van der Waals surface area (Å²) in [6, 6.07) is 9.51. The van der Waals surface area contributed by atoms with Crippen LogP contribution in [0.1, 0.15) is 33.1 Å². The molecule has 1 atom stereocenters. The van der Waals surface area contributed by atoms with Crippen molar-refractivity contribution in [1.82, 2.24) is 0 Å². The molecule has 0 heterocycles. The molecule has 1 aromatic carbocycles. The molecule has 0 N–H and O–H groups in total. The number of benzene rings is 1. The van der Waals surface area contributed by atoms with E-state index in [1.54, 1.807) is 12.1 Å². The van der Waals surface area contributed by atoms with Crippen LogP contribution in [0, 0.1) is 16.7 Å². The van der Waals surface area contributed by atoms with Gasteiger partial charge in [0.25, 0.3) is 0 Å². The zero-order valence-electron chi connectivity index (χ0n) is 10.8. The van der Waals surface area contributed by atoms with Gasteiger partial charge in [-0.2, -0.15) is 5.26 Å². The molecule has 0 aliphatic carbocycles. The summed E-state index contributed by atoms with van der Waals surface area (Å²) in [6.07, 6.45) is 2.60. The van der Waals surface area contributed by atoms with Crippen molar-refractivity contribution in [3.63, 3.8) is 0 Å². The molecule has 1 unspecified atom stereocenters. The Morgan fingerprint density at radius 2 is 2.00 bits per heavy atom. The number of rotatable bonds is 6. The summed E-state index contributed by atoms with van der Waals surface area (Å²) >= 11 is 5.99. The third-order valence-corrected chi connectivity index (χ3v) is 4.71. The molecule has 2 nitrogen and oxygen atoms in total. The van der Waals surface area contributed by atoms with Crippen LogP contribution in [0.5, 0.6) is 0 Å². The molecule has 0 saturated carbocycles. The molecule has 98 valence electrons. The average molecular weight is 284 g/mol. The lowest BCUT2D eigenvalue weighted by atomic mass is 9.89. The monoisotopic (exact) mass is 283 g/mol. The number of hydrogen-bond acceptors (Lipinski definition) is 2. The van der Waals surface area contributed by atoms with Crippen LogP contribution in [0.15, 0.2) is 29.2 Å². The Kier molecular flexibility index (Phi) is 5.84. The van der Waals surface area contributed by atoms with E-state index in [-0.39, 0.29) is 5.41 Å². The van der Waals surface area contributed by atoms with E-state index in [0.717, 1.165) is 19.3 Å². The molecule has 0 fully saturated rings. The number of unbranched alkanes of at least 4 members (excludes halogenated alkanes) is 1. The van der Waals surface area contributed by atoms with Crippen LogP contribution in [-0.2, 0) is 10.8 Å². The summed E-state index contributed by atoms with van der Waals surface area (Å²) in [4.78, 5) is 0.707. The fraction of sp³-hybridized carbons (Fsp3) is 0.500. The fourth-order valence-corrected chi connectivity index (χ4v) is 3.19. The Labute approximate surface area is 116 Å². The van der Waals surface area contributed by atoms with Crippen LogP contribution in [0.2, 0.25) is 5.02 Å². The highest BCUT2D eigenvalue weighted by molar-refractivity contribution is 7.85. The number of nitriles is 1. The van der Waals surface area contributed by atoms with E-state index in [2.05, 4.69) is 6.07 Å². The van der Waals surface area contributed by atoms with Gasteiger partial charge in [0.1, 0.15) is 0 Å². The summed E-state index contributed by atoms with van der Waals surface area (Å²) in [5.41, 5.74) is -0.286. The Balaban J connectivity index is 2.40. The number of halogens is 1. The molecule has 1 aromatic rings. The van der Waals surface area contributed by atoms with Gasteiger partial charge in [0.15, 0.2) is 0 Å². The first-order valence-electron chi connectivity index (χ1n) is 6.00. The molecule has 0 amide bonds. The van der Waals surface area contributed by atoms with Gasteiger partial charge in [-0.05, 0) is 38.8 Å². The van der Waals surface area contributed by atoms with Crippen molar-refractivity contribution in [2.24, 2.45) is 5.41 Å². The SMILES string of the molecule is CC(C)(C#N)CCCCS(=O)c1ccccc1Cl. The van der Waals surface area contributed by atoms with Crippen LogP contribution in [-0.4, -0.2) is 9.96 Å². The molecular weight excluding hydrogens is 266 g/mol. The Morgan fingerprint density at radius 1 is 1.33 bits per heavy atom. The highest BCUT2D eigenvalue weighted by Crippen LogP contribution is 2.23. The molecular formula is C14H18ClNOS. The van der Waals surface area contributed by atoms with E-state index in [1.807, 2.05) is 26.0 Å². The first-order chi connectivity index (χ1) is 8.46. The smallest absolute Gasteiger partial charge is 0.0683 e. The van der Waals surface area contributed by atoms with Crippen molar-refractivity contribution >= 4 is 22.4 Å². The lowest BCUT2D eigenvalue weighted by molar-refractivity contribution is 0.432. The molecule has 0 aromatic heterocycles. The van der Waals surface area contributed by atoms with E-state index >= 15 is 0 Å². The Morgan fingerprint density at radius 3 is 2.61 bits per heavy atom. The summed E-state index contributed by atoms with van der Waals surface area (Å²) in [5, 5.41) is 9.45. The van der Waals surface area contributed by atoms with Gasteiger partial charge in [-0.15, -0.1) is 0 Å². The molecule has 18 heavy (non-hydrogen) atoms. The second-order valence-electron chi connectivity index (χ2n) is 4.93. The highest BCUT2D eigenvalue weighted by atomic mass is 35.5. The van der Waals surface area contributed by atoms with Crippen molar-refractivity contribution < 1.29 is 4.21 Å². The molecule has 0 bridgehead atoms. The van der Waals surface area contributed by atoms with Gasteiger partial charge in [0.2, 0.25) is 0 Å². The minimum atomic E-state index is -1.04. The van der Waals surface area contributed by atoms with E-state index < -0.39 is 10.8 Å². The van der Waals surface area contributed by atoms with E-state index in [4.69, 9.17) is 16.9 Å². The first kappa shape index (κ1) is 15.2. The topological polar surface area (TPSA) is 40.9 Å². The van der Waals surface area contributed by atoms with Crippen molar-refractivity contribution in [2.75, 3.05) is 5.75 Å². The average Bonchev–Trinajstić information content (AvgIpc) is 2.35. The van der Waals surface area contributed by atoms with Gasteiger partial charge in [-0.3, -0.25) is 4.21 Å². The Bertz CT molecular complexity index is 465. The van der Waals surface area contributed by atoms with Crippen molar-refractivity contribution in [3.05, 3.63) is 29.3 Å². The van der Waals surface area contributed by atoms with E-state index in [1.165, 1.54) is 0 Å². The molecule has 4 heteroatoms. The van der Waals surface area contributed by atoms with E-state index in [0.29, 0.717) is 15.7 Å². The maximum Gasteiger partial charge on any atom is 0.0683 e. The first-order valence-corrected chi connectivity index (χ1v) is 7.70. The summed E-state index contributed by atoms with van der Waals surface area (Å²) in [5.74, 6) is 0.602. The van der Waals surface area contributed by atoms with Crippen molar-refractivity contribution in [1.29, 1.82) is 5.26 Å². The molecule has 0 saturated heterocycles. The molecule has 0 aliphatic rings. The molecule has 0 aliphatic heterocycles. The molecule has 1 rings (SSSR count). The standard InChI is InChI=1S/C14H18ClNOS/c1-14(2,11-16)9-5-6-10-18(17)13-8-4-3-7-12(13)15/h3-4,7-8H,5-6,9-10H2,1-2H3. The second kappa shape index (κ2) is 6.92. The third kappa shape index (κ3) is 4.80. The maximum atomic E-state index is 12.0. The quantitative estimate of drug-likeness (QED) is 0.735. The summed E-state index contributed by atoms with van der Waals surface area (Å²) in [6.45, 7) is 3.86. The molecule has 0 spiro atoms. The number of nitrogens with zero attached hydrogens (tertiary/aromatic N) is 1. The third-order valence-electron chi connectivity index (χ3n) is 2.77. The van der Waals surface area contributed by atoms with Gasteiger partial charge in [0, 0.05) is 5.75 Å². The minimum absolute atomic E-state index is 0.286. The van der Waals surface area contributed by atoms with Crippen LogP contribution >= 0.6 is 11.6 Å². The lowest BCUT2D eigenvalue weighted by Crippen LogP contribution is -2.08. The fourth-order valence-electron chi connectivity index (χ4n) is 1.60. The van der Waals surface area contributed by atoms with Gasteiger partial charge in [0.05, 0.1) is 32.2 Å². The van der Waals surface area contributed by atoms with Gasteiger partial charge >= 0.3 is 0 Å². The van der Waals surface area contributed by atoms with Crippen molar-refractivity contribution in [2.45, 2.75) is 38.0 Å². The number of hydrogen-bond donors (Lipinski definition) is 0. The Hall–Kier alpha value is -0.850. The van der Waals surface area contributed by atoms with Crippen LogP contribution < -0.4 is 0 Å². The van der Waals surface area contributed by atoms with Gasteiger partial charge < -0.3 is 0 Å². The lowest BCUT2D eigenvalue weighted by Gasteiger charge is -2.14. The maximum absolute atomic E-state index is 12.0. The zero-order valence-corrected chi connectivity index (χ0v) is 12.4. The van der Waals surface area contributed by atoms with Gasteiger partial charge in [-0.1, -0.05) is 30.2 Å². The van der Waals surface area contributed by atoms with Crippen molar-refractivity contribution in [3.8, 4) is 6.07 Å². The second-order valence-corrected chi connectivity index (χ2v) is 6.88. The summed E-state index contributed by atoms with van der Waals surface area (Å²) in [7, 11) is -1.04. The predicted molar refractivity (Wildman–Crippen MR) is 76.0 cm³/mol. The minimum Gasteiger partial charge on any atom is -0.254 e. The largest absolute Gasteiger partial charge is 0.254 e. The van der Waals surface area contributed by atoms with Crippen LogP contribution in [0.3, 0.4) is 0 Å².